The molecule has 1 unspecified atom stereocenters. The summed E-state index contributed by atoms with van der Waals surface area (Å²) < 4.78 is 0. The Morgan fingerprint density at radius 1 is 1.33 bits per heavy atom. The van der Waals surface area contributed by atoms with E-state index < -0.39 is 4.92 Å². The van der Waals surface area contributed by atoms with Crippen LogP contribution in [-0.4, -0.2) is 17.4 Å². The van der Waals surface area contributed by atoms with Gasteiger partial charge in [-0.3, -0.25) is 14.9 Å². The third-order valence-corrected chi connectivity index (χ3v) is 2.55. The maximum absolute atomic E-state index is 11.0. The van der Waals surface area contributed by atoms with Crippen molar-refractivity contribution in [1.29, 1.82) is 0 Å². The van der Waals surface area contributed by atoms with E-state index in [9.17, 15) is 14.9 Å². The number of hydrogen-bond acceptors (Lipinski definition) is 3. The normalized spacial score (nSPS) is 20.0. The molecule has 1 aromatic rings. The van der Waals surface area contributed by atoms with Crippen LogP contribution in [0.15, 0.2) is 24.3 Å². The summed E-state index contributed by atoms with van der Waals surface area (Å²) >= 11 is 0. The lowest BCUT2D eigenvalue weighted by molar-refractivity contribution is -0.384. The van der Waals surface area contributed by atoms with Gasteiger partial charge >= 0.3 is 0 Å². The van der Waals surface area contributed by atoms with Gasteiger partial charge in [0.1, 0.15) is 0 Å². The minimum atomic E-state index is -0.429. The molecule has 0 radical (unpaired) electrons. The summed E-state index contributed by atoms with van der Waals surface area (Å²) in [5, 5.41) is 13.2. The van der Waals surface area contributed by atoms with Gasteiger partial charge in [0, 0.05) is 31.0 Å². The van der Waals surface area contributed by atoms with Gasteiger partial charge in [0.2, 0.25) is 5.91 Å². The topological polar surface area (TPSA) is 72.2 Å². The molecule has 1 atom stereocenters. The second kappa shape index (κ2) is 3.68. The van der Waals surface area contributed by atoms with Crippen LogP contribution in [0.25, 0.3) is 0 Å². The molecule has 1 N–H and O–H groups in total. The molecular weight excluding hydrogens is 196 g/mol. The maximum Gasteiger partial charge on any atom is 0.269 e. The molecule has 0 spiro atoms. The highest BCUT2D eigenvalue weighted by Crippen LogP contribution is 2.24. The van der Waals surface area contributed by atoms with Crippen molar-refractivity contribution in [3.8, 4) is 0 Å². The Bertz CT molecular complexity index is 400. The Hall–Kier alpha value is -1.91. The summed E-state index contributed by atoms with van der Waals surface area (Å²) in [6.45, 7) is 0.622. The Kier molecular flexibility index (Phi) is 2.37. The number of rotatable bonds is 2. The first kappa shape index (κ1) is 9.64. The van der Waals surface area contributed by atoms with Crippen LogP contribution in [0.5, 0.6) is 0 Å². The van der Waals surface area contributed by atoms with Gasteiger partial charge in [0.05, 0.1) is 4.92 Å². The van der Waals surface area contributed by atoms with Crippen molar-refractivity contribution < 1.29 is 9.72 Å². The van der Waals surface area contributed by atoms with E-state index >= 15 is 0 Å². The SMILES string of the molecule is O=C1CC(c2ccc([N+](=O)[O-])cc2)CN1. The average Bonchev–Trinajstić information content (AvgIpc) is 2.65. The summed E-state index contributed by atoms with van der Waals surface area (Å²) in [6, 6.07) is 6.36. The average molecular weight is 206 g/mol. The fraction of sp³-hybridized carbons (Fsp3) is 0.300. The number of nitrogens with one attached hydrogen (secondary N) is 1. The second-order valence-electron chi connectivity index (χ2n) is 3.55. The van der Waals surface area contributed by atoms with Crippen LogP contribution >= 0.6 is 0 Å². The van der Waals surface area contributed by atoms with Crippen molar-refractivity contribution >= 4 is 11.6 Å². The van der Waals surface area contributed by atoms with E-state index in [-0.39, 0.29) is 17.5 Å². The van der Waals surface area contributed by atoms with Gasteiger partial charge in [0.25, 0.3) is 5.69 Å². The predicted molar refractivity (Wildman–Crippen MR) is 53.5 cm³/mol. The van der Waals surface area contributed by atoms with Crippen LogP contribution in [0, 0.1) is 10.1 Å². The number of carbonyl (C=O) groups excluding carboxylic acids is 1. The van der Waals surface area contributed by atoms with E-state index in [2.05, 4.69) is 5.32 Å². The molecule has 2 rings (SSSR count). The van der Waals surface area contributed by atoms with Crippen molar-refractivity contribution in [2.75, 3.05) is 6.54 Å². The lowest BCUT2D eigenvalue weighted by atomic mass is 9.98. The monoisotopic (exact) mass is 206 g/mol. The van der Waals surface area contributed by atoms with Gasteiger partial charge < -0.3 is 5.32 Å². The van der Waals surface area contributed by atoms with E-state index in [1.54, 1.807) is 12.1 Å². The fourth-order valence-electron chi connectivity index (χ4n) is 1.71. The molecular formula is C10H10N2O3. The quantitative estimate of drug-likeness (QED) is 0.583. The van der Waals surface area contributed by atoms with Crippen LogP contribution < -0.4 is 5.32 Å². The molecule has 0 aromatic heterocycles. The molecule has 1 aliphatic rings. The van der Waals surface area contributed by atoms with Crippen LogP contribution in [0.2, 0.25) is 0 Å². The zero-order chi connectivity index (χ0) is 10.8. The smallest absolute Gasteiger partial charge is 0.269 e. The number of amides is 1. The van der Waals surface area contributed by atoms with Crippen LogP contribution in [0.3, 0.4) is 0 Å². The summed E-state index contributed by atoms with van der Waals surface area (Å²) in [6.07, 6.45) is 0.470. The van der Waals surface area contributed by atoms with E-state index in [0.29, 0.717) is 13.0 Å². The number of nitro benzene ring substituents is 1. The third kappa shape index (κ3) is 1.96. The van der Waals surface area contributed by atoms with Gasteiger partial charge in [-0.2, -0.15) is 0 Å². The largest absolute Gasteiger partial charge is 0.355 e. The molecule has 5 nitrogen and oxygen atoms in total. The van der Waals surface area contributed by atoms with E-state index in [1.165, 1.54) is 12.1 Å². The summed E-state index contributed by atoms with van der Waals surface area (Å²) in [4.78, 5) is 21.0. The van der Waals surface area contributed by atoms with Gasteiger partial charge in [-0.1, -0.05) is 12.1 Å². The molecule has 78 valence electrons. The van der Waals surface area contributed by atoms with Crippen molar-refractivity contribution in [2.24, 2.45) is 0 Å². The van der Waals surface area contributed by atoms with Gasteiger partial charge in [-0.15, -0.1) is 0 Å². The van der Waals surface area contributed by atoms with Crippen molar-refractivity contribution in [3.63, 3.8) is 0 Å². The first-order chi connectivity index (χ1) is 7.16. The van der Waals surface area contributed by atoms with E-state index in [1.807, 2.05) is 0 Å². The van der Waals surface area contributed by atoms with Crippen molar-refractivity contribution in [1.82, 2.24) is 5.32 Å². The maximum atomic E-state index is 11.0. The number of benzene rings is 1. The number of nitro groups is 1. The lowest BCUT2D eigenvalue weighted by Crippen LogP contribution is -2.13. The molecule has 5 heteroatoms. The fourth-order valence-corrected chi connectivity index (χ4v) is 1.71. The van der Waals surface area contributed by atoms with Crippen molar-refractivity contribution in [3.05, 3.63) is 39.9 Å². The van der Waals surface area contributed by atoms with Crippen LogP contribution in [0.1, 0.15) is 17.9 Å². The molecule has 1 heterocycles. The Morgan fingerprint density at radius 3 is 2.47 bits per heavy atom. The number of nitrogens with zero attached hydrogens (tertiary/aromatic N) is 1. The first-order valence-corrected chi connectivity index (χ1v) is 4.68. The highest BCUT2D eigenvalue weighted by atomic mass is 16.6. The number of non-ortho nitro benzene ring substituents is 1. The predicted octanol–water partition coefficient (Wildman–Crippen LogP) is 1.20. The summed E-state index contributed by atoms with van der Waals surface area (Å²) in [5.74, 6) is 0.191. The molecule has 1 fully saturated rings. The van der Waals surface area contributed by atoms with Crippen LogP contribution in [-0.2, 0) is 4.79 Å². The molecule has 0 saturated carbocycles. The molecule has 1 aliphatic heterocycles. The van der Waals surface area contributed by atoms with Crippen LogP contribution in [0.4, 0.5) is 5.69 Å². The lowest BCUT2D eigenvalue weighted by Gasteiger charge is -2.06. The zero-order valence-electron chi connectivity index (χ0n) is 7.97. The second-order valence-corrected chi connectivity index (χ2v) is 3.55. The van der Waals surface area contributed by atoms with E-state index in [4.69, 9.17) is 0 Å². The molecule has 1 amide bonds. The summed E-state index contributed by atoms with van der Waals surface area (Å²) in [5.41, 5.74) is 1.05. The Balaban J connectivity index is 2.17. The first-order valence-electron chi connectivity index (χ1n) is 4.68. The Morgan fingerprint density at radius 2 is 2.00 bits per heavy atom. The molecule has 0 bridgehead atoms. The van der Waals surface area contributed by atoms with Gasteiger partial charge in [-0.05, 0) is 5.56 Å². The van der Waals surface area contributed by atoms with Gasteiger partial charge in [0.15, 0.2) is 0 Å². The molecule has 0 aliphatic carbocycles. The number of hydrogen-bond donors (Lipinski definition) is 1. The molecule has 15 heavy (non-hydrogen) atoms. The minimum Gasteiger partial charge on any atom is -0.355 e. The standard InChI is InChI=1S/C10H10N2O3/c13-10-5-8(6-11-10)7-1-3-9(4-2-7)12(14)15/h1-4,8H,5-6H2,(H,11,13). The number of carbonyl (C=O) groups is 1. The minimum absolute atomic E-state index is 0.0401. The van der Waals surface area contributed by atoms with Gasteiger partial charge in [-0.25, -0.2) is 0 Å². The highest BCUT2D eigenvalue weighted by molar-refractivity contribution is 5.79. The Labute approximate surface area is 86.2 Å². The van der Waals surface area contributed by atoms with E-state index in [0.717, 1.165) is 5.56 Å². The summed E-state index contributed by atoms with van der Waals surface area (Å²) in [7, 11) is 0. The molecule has 1 saturated heterocycles. The zero-order valence-corrected chi connectivity index (χ0v) is 7.97. The van der Waals surface area contributed by atoms with Crippen molar-refractivity contribution in [2.45, 2.75) is 12.3 Å². The third-order valence-electron chi connectivity index (χ3n) is 2.55. The highest BCUT2D eigenvalue weighted by Gasteiger charge is 2.23. The molecule has 1 aromatic carbocycles.